The molecule has 0 aliphatic carbocycles. The van der Waals surface area contributed by atoms with Crippen LogP contribution in [-0.4, -0.2) is 0 Å². The van der Waals surface area contributed by atoms with E-state index in [2.05, 4.69) is 15.9 Å². The Morgan fingerprint density at radius 1 is 1.00 bits per heavy atom. The summed E-state index contributed by atoms with van der Waals surface area (Å²) >= 11 is 8.85. The number of hydrogen-bond donors (Lipinski definition) is 1. The molecule has 2 aromatic rings. The van der Waals surface area contributed by atoms with Gasteiger partial charge < -0.3 is 5.73 Å². The molecule has 6 heteroatoms. The van der Waals surface area contributed by atoms with Crippen molar-refractivity contribution in [2.75, 3.05) is 0 Å². The molecule has 0 aromatic heterocycles. The molecule has 0 aliphatic heterocycles. The first-order valence-electron chi connectivity index (χ1n) is 5.25. The third kappa shape index (κ3) is 2.94. The summed E-state index contributed by atoms with van der Waals surface area (Å²) in [6.07, 6.45) is 0. The van der Waals surface area contributed by atoms with Crippen LogP contribution in [-0.2, 0) is 0 Å². The minimum atomic E-state index is -1.05. The quantitative estimate of drug-likeness (QED) is 0.789. The third-order valence-corrected chi connectivity index (χ3v) is 3.65. The smallest absolute Gasteiger partial charge is 0.160 e. The molecule has 1 unspecified atom stereocenters. The second kappa shape index (κ2) is 5.53. The van der Waals surface area contributed by atoms with Crippen LogP contribution in [0.15, 0.2) is 34.8 Å². The summed E-state index contributed by atoms with van der Waals surface area (Å²) in [6.45, 7) is 0. The van der Waals surface area contributed by atoms with Gasteiger partial charge in [-0.05, 0) is 51.3 Å². The van der Waals surface area contributed by atoms with Crippen LogP contribution in [0.5, 0.6) is 0 Å². The van der Waals surface area contributed by atoms with E-state index in [-0.39, 0.29) is 10.6 Å². The highest BCUT2D eigenvalue weighted by Crippen LogP contribution is 2.30. The molecule has 1 nitrogen and oxygen atoms in total. The van der Waals surface area contributed by atoms with Crippen molar-refractivity contribution in [2.45, 2.75) is 6.04 Å². The van der Waals surface area contributed by atoms with E-state index < -0.39 is 23.5 Å². The van der Waals surface area contributed by atoms with Crippen molar-refractivity contribution in [3.8, 4) is 0 Å². The highest BCUT2D eigenvalue weighted by molar-refractivity contribution is 9.10. The van der Waals surface area contributed by atoms with Crippen molar-refractivity contribution in [3.63, 3.8) is 0 Å². The number of rotatable bonds is 2. The zero-order chi connectivity index (χ0) is 14.2. The number of halogens is 5. The molecule has 0 aliphatic rings. The summed E-state index contributed by atoms with van der Waals surface area (Å²) in [6, 6.07) is 5.20. The van der Waals surface area contributed by atoms with Crippen molar-refractivity contribution >= 4 is 27.5 Å². The zero-order valence-electron chi connectivity index (χ0n) is 9.43. The van der Waals surface area contributed by atoms with Crippen LogP contribution in [0.4, 0.5) is 13.2 Å². The first-order chi connectivity index (χ1) is 8.90. The first kappa shape index (κ1) is 14.4. The summed E-state index contributed by atoms with van der Waals surface area (Å²) in [5, 5.41) is -0.00488. The lowest BCUT2D eigenvalue weighted by molar-refractivity contribution is 0.506. The average molecular weight is 351 g/mol. The maximum atomic E-state index is 13.4. The van der Waals surface area contributed by atoms with Gasteiger partial charge in [0.15, 0.2) is 11.6 Å². The summed E-state index contributed by atoms with van der Waals surface area (Å²) in [4.78, 5) is 0. The van der Waals surface area contributed by atoms with Gasteiger partial charge in [0.2, 0.25) is 0 Å². The van der Waals surface area contributed by atoms with Crippen LogP contribution in [0.25, 0.3) is 0 Å². The van der Waals surface area contributed by atoms with E-state index in [0.29, 0.717) is 10.0 Å². The molecule has 2 N–H and O–H groups in total. The van der Waals surface area contributed by atoms with Crippen LogP contribution >= 0.6 is 27.5 Å². The van der Waals surface area contributed by atoms with E-state index in [4.69, 9.17) is 17.3 Å². The molecule has 19 heavy (non-hydrogen) atoms. The standard InChI is InChI=1S/C13H8BrClF3N/c14-8-2-1-6(3-10(8)16)13(19)7-4-11(17)12(18)5-9(7)15/h1-5,13H,19H2. The van der Waals surface area contributed by atoms with Gasteiger partial charge in [-0.2, -0.15) is 0 Å². The van der Waals surface area contributed by atoms with E-state index in [1.54, 1.807) is 6.07 Å². The fourth-order valence-corrected chi connectivity index (χ4v) is 2.18. The largest absolute Gasteiger partial charge is 0.320 e. The molecule has 0 heterocycles. The van der Waals surface area contributed by atoms with Crippen molar-refractivity contribution in [3.05, 3.63) is 68.4 Å². The van der Waals surface area contributed by atoms with E-state index in [1.807, 2.05) is 0 Å². The van der Waals surface area contributed by atoms with Gasteiger partial charge in [0.1, 0.15) is 5.82 Å². The van der Waals surface area contributed by atoms with Crippen LogP contribution in [0.1, 0.15) is 17.2 Å². The van der Waals surface area contributed by atoms with Gasteiger partial charge in [0.25, 0.3) is 0 Å². The molecule has 1 atom stereocenters. The molecular formula is C13H8BrClF3N. The summed E-state index contributed by atoms with van der Waals surface area (Å²) in [7, 11) is 0. The van der Waals surface area contributed by atoms with Crippen molar-refractivity contribution in [1.29, 1.82) is 0 Å². The van der Waals surface area contributed by atoms with Gasteiger partial charge in [-0.3, -0.25) is 0 Å². The van der Waals surface area contributed by atoms with Crippen molar-refractivity contribution in [2.24, 2.45) is 5.73 Å². The van der Waals surface area contributed by atoms with E-state index in [0.717, 1.165) is 12.1 Å². The Morgan fingerprint density at radius 3 is 2.26 bits per heavy atom. The van der Waals surface area contributed by atoms with Crippen molar-refractivity contribution < 1.29 is 13.2 Å². The van der Waals surface area contributed by atoms with Crippen LogP contribution in [0.3, 0.4) is 0 Å². The highest BCUT2D eigenvalue weighted by atomic mass is 79.9. The number of benzene rings is 2. The average Bonchev–Trinajstić information content (AvgIpc) is 2.36. The normalized spacial score (nSPS) is 12.5. The topological polar surface area (TPSA) is 26.0 Å². The molecule has 0 amide bonds. The summed E-state index contributed by atoms with van der Waals surface area (Å²) in [5.74, 6) is -2.60. The second-order valence-corrected chi connectivity index (χ2v) is 5.20. The molecule has 0 saturated carbocycles. The molecule has 0 spiro atoms. The third-order valence-electron chi connectivity index (χ3n) is 2.68. The van der Waals surface area contributed by atoms with Gasteiger partial charge in [-0.1, -0.05) is 17.7 Å². The van der Waals surface area contributed by atoms with Gasteiger partial charge in [0, 0.05) is 5.02 Å². The number of hydrogen-bond acceptors (Lipinski definition) is 1. The Kier molecular flexibility index (Phi) is 4.18. The Balaban J connectivity index is 2.46. The Hall–Kier alpha value is -1.04. The van der Waals surface area contributed by atoms with Gasteiger partial charge in [-0.15, -0.1) is 0 Å². The van der Waals surface area contributed by atoms with Gasteiger partial charge in [0.05, 0.1) is 10.5 Å². The molecular weight excluding hydrogens is 343 g/mol. The van der Waals surface area contributed by atoms with E-state index >= 15 is 0 Å². The minimum Gasteiger partial charge on any atom is -0.320 e. The molecule has 0 saturated heterocycles. The minimum absolute atomic E-state index is 0.00488. The molecule has 2 rings (SSSR count). The Labute approximate surface area is 121 Å². The SMILES string of the molecule is NC(c1ccc(Br)c(F)c1)c1cc(F)c(F)cc1Cl. The zero-order valence-corrected chi connectivity index (χ0v) is 11.8. The molecule has 100 valence electrons. The maximum absolute atomic E-state index is 13.4. The first-order valence-corrected chi connectivity index (χ1v) is 6.42. The van der Waals surface area contributed by atoms with E-state index in [9.17, 15) is 13.2 Å². The predicted molar refractivity (Wildman–Crippen MR) is 71.5 cm³/mol. The summed E-state index contributed by atoms with van der Waals surface area (Å²) < 4.78 is 39.9. The fourth-order valence-electron chi connectivity index (χ4n) is 1.66. The van der Waals surface area contributed by atoms with Crippen LogP contribution < -0.4 is 5.73 Å². The Morgan fingerprint density at radius 2 is 1.63 bits per heavy atom. The molecule has 2 aromatic carbocycles. The lowest BCUT2D eigenvalue weighted by Crippen LogP contribution is -2.13. The monoisotopic (exact) mass is 349 g/mol. The maximum Gasteiger partial charge on any atom is 0.160 e. The Bertz CT molecular complexity index is 634. The van der Waals surface area contributed by atoms with Gasteiger partial charge in [-0.25, -0.2) is 13.2 Å². The van der Waals surface area contributed by atoms with Crippen LogP contribution in [0.2, 0.25) is 5.02 Å². The fraction of sp³-hybridized carbons (Fsp3) is 0.0769. The second-order valence-electron chi connectivity index (χ2n) is 3.94. The predicted octanol–water partition coefficient (Wildman–Crippen LogP) is 4.57. The van der Waals surface area contributed by atoms with Crippen LogP contribution in [0, 0.1) is 17.5 Å². The highest BCUT2D eigenvalue weighted by Gasteiger charge is 2.17. The summed E-state index contributed by atoms with van der Waals surface area (Å²) in [5.41, 5.74) is 6.51. The van der Waals surface area contributed by atoms with Crippen molar-refractivity contribution in [1.82, 2.24) is 0 Å². The lowest BCUT2D eigenvalue weighted by atomic mass is 9.99. The lowest BCUT2D eigenvalue weighted by Gasteiger charge is -2.15. The molecule has 0 radical (unpaired) electrons. The number of nitrogens with two attached hydrogens (primary N) is 1. The molecule has 0 fully saturated rings. The molecule has 0 bridgehead atoms. The van der Waals surface area contributed by atoms with Gasteiger partial charge >= 0.3 is 0 Å². The van der Waals surface area contributed by atoms with E-state index in [1.165, 1.54) is 12.1 Å².